The maximum atomic E-state index is 13.1. The van der Waals surface area contributed by atoms with E-state index in [9.17, 15) is 8.76 Å². The fraction of sp³-hybridized carbons (Fsp3) is 1.00. The topological polar surface area (TPSA) is 26.3 Å². The van der Waals surface area contributed by atoms with Crippen LogP contribution in [0.15, 0.2) is 0 Å². The number of halogens is 1. The second-order valence-electron chi connectivity index (χ2n) is 5.65. The van der Waals surface area contributed by atoms with E-state index in [1.54, 1.807) is 0 Å². The molecule has 1 rings (SSSR count). The Kier molecular flexibility index (Phi) is 4.00. The molecule has 0 bridgehead atoms. The molecule has 90 valence electrons. The van der Waals surface area contributed by atoms with Gasteiger partial charge in [0.25, 0.3) is 0 Å². The summed E-state index contributed by atoms with van der Waals surface area (Å²) in [5, 5.41) is 0. The molecule has 1 aliphatic carbocycles. The van der Waals surface area contributed by atoms with E-state index in [-0.39, 0.29) is 11.5 Å². The van der Waals surface area contributed by atoms with Gasteiger partial charge in [-0.05, 0) is 24.2 Å². The lowest BCUT2D eigenvalue weighted by Gasteiger charge is -2.40. The van der Waals surface area contributed by atoms with E-state index >= 15 is 0 Å². The van der Waals surface area contributed by atoms with E-state index in [1.807, 2.05) is 0 Å². The molecule has 1 fully saturated rings. The largest absolute Gasteiger partial charge is 0.364 e. The van der Waals surface area contributed by atoms with Gasteiger partial charge in [-0.3, -0.25) is 4.57 Å². The highest BCUT2D eigenvalue weighted by Gasteiger charge is 2.37. The second kappa shape index (κ2) is 4.55. The summed E-state index contributed by atoms with van der Waals surface area (Å²) in [4.78, 5) is 0. The van der Waals surface area contributed by atoms with Crippen LogP contribution in [0.4, 0.5) is 4.20 Å². The summed E-state index contributed by atoms with van der Waals surface area (Å²) >= 11 is 0. The van der Waals surface area contributed by atoms with Gasteiger partial charge in [0.15, 0.2) is 0 Å². The Morgan fingerprint density at radius 1 is 1.27 bits per heavy atom. The molecule has 0 heterocycles. The molecule has 1 aliphatic rings. The molecule has 0 N–H and O–H groups in total. The zero-order valence-electron chi connectivity index (χ0n) is 10.1. The highest BCUT2D eigenvalue weighted by molar-refractivity contribution is 7.52. The van der Waals surface area contributed by atoms with Crippen molar-refractivity contribution in [2.75, 3.05) is 6.66 Å². The van der Waals surface area contributed by atoms with E-state index in [4.69, 9.17) is 4.52 Å². The molecule has 3 unspecified atom stereocenters. The third-order valence-corrected chi connectivity index (χ3v) is 3.79. The van der Waals surface area contributed by atoms with Crippen LogP contribution < -0.4 is 0 Å². The molecule has 0 aromatic heterocycles. The maximum absolute atomic E-state index is 13.1. The molecular weight excluding hydrogens is 214 g/mol. The lowest BCUT2D eigenvalue weighted by molar-refractivity contribution is 0.0261. The summed E-state index contributed by atoms with van der Waals surface area (Å²) in [6.45, 7) is 7.47. The monoisotopic (exact) mass is 236 g/mol. The van der Waals surface area contributed by atoms with Crippen LogP contribution in [-0.2, 0) is 9.09 Å². The highest BCUT2D eigenvalue weighted by atomic mass is 31.2. The van der Waals surface area contributed by atoms with Gasteiger partial charge in [0, 0.05) is 6.66 Å². The van der Waals surface area contributed by atoms with Crippen molar-refractivity contribution < 1.29 is 13.3 Å². The van der Waals surface area contributed by atoms with Crippen LogP contribution in [0, 0.1) is 11.3 Å². The maximum Gasteiger partial charge on any atom is 0.364 e. The van der Waals surface area contributed by atoms with Gasteiger partial charge in [-0.1, -0.05) is 33.6 Å². The fourth-order valence-electron chi connectivity index (χ4n) is 2.46. The third kappa shape index (κ3) is 4.24. The van der Waals surface area contributed by atoms with Crippen molar-refractivity contribution in [3.8, 4) is 0 Å². The predicted molar refractivity (Wildman–Crippen MR) is 60.9 cm³/mol. The summed E-state index contributed by atoms with van der Waals surface area (Å²) in [7, 11) is -3.84. The molecule has 0 aromatic rings. The van der Waals surface area contributed by atoms with Crippen molar-refractivity contribution in [3.63, 3.8) is 0 Å². The minimum Gasteiger partial charge on any atom is -0.302 e. The van der Waals surface area contributed by atoms with E-state index < -0.39 is 7.68 Å². The summed E-state index contributed by atoms with van der Waals surface area (Å²) in [6.07, 6.45) is 3.94. The van der Waals surface area contributed by atoms with Gasteiger partial charge in [-0.2, -0.15) is 4.20 Å². The van der Waals surface area contributed by atoms with E-state index in [0.717, 1.165) is 25.9 Å². The summed E-state index contributed by atoms with van der Waals surface area (Å²) in [5.41, 5.74) is 0.0975. The number of hydrogen-bond donors (Lipinski definition) is 0. The Hall–Kier alpha value is 0.120. The second-order valence-corrected chi connectivity index (χ2v) is 7.35. The van der Waals surface area contributed by atoms with Crippen LogP contribution >= 0.6 is 7.68 Å². The Morgan fingerprint density at radius 2 is 1.80 bits per heavy atom. The molecule has 4 heteroatoms. The van der Waals surface area contributed by atoms with Crippen molar-refractivity contribution >= 4 is 7.68 Å². The first-order valence-electron chi connectivity index (χ1n) is 5.66. The number of rotatable bonds is 2. The number of hydrogen-bond acceptors (Lipinski definition) is 2. The SMILES string of the molecule is CC(C)(C)C1CCCCC1OP(C)(=O)F. The van der Waals surface area contributed by atoms with Gasteiger partial charge in [0.05, 0.1) is 6.10 Å². The smallest absolute Gasteiger partial charge is 0.302 e. The molecule has 0 aromatic carbocycles. The lowest BCUT2D eigenvalue weighted by atomic mass is 9.71. The first-order chi connectivity index (χ1) is 6.70. The lowest BCUT2D eigenvalue weighted by Crippen LogP contribution is -2.35. The van der Waals surface area contributed by atoms with E-state index in [1.165, 1.54) is 6.42 Å². The average molecular weight is 236 g/mol. The highest BCUT2D eigenvalue weighted by Crippen LogP contribution is 2.51. The molecule has 0 radical (unpaired) electrons. The van der Waals surface area contributed by atoms with Crippen molar-refractivity contribution in [2.24, 2.45) is 11.3 Å². The summed E-state index contributed by atoms with van der Waals surface area (Å²) in [5.74, 6) is 0.315. The predicted octanol–water partition coefficient (Wildman–Crippen LogP) is 4.40. The van der Waals surface area contributed by atoms with Crippen molar-refractivity contribution in [3.05, 3.63) is 0 Å². The molecule has 0 spiro atoms. The van der Waals surface area contributed by atoms with Crippen LogP contribution in [0.5, 0.6) is 0 Å². The molecule has 2 nitrogen and oxygen atoms in total. The van der Waals surface area contributed by atoms with Gasteiger partial charge in [0.1, 0.15) is 0 Å². The molecule has 0 saturated heterocycles. The zero-order chi connectivity index (χ0) is 11.7. The van der Waals surface area contributed by atoms with Crippen LogP contribution in [0.2, 0.25) is 0 Å². The minimum atomic E-state index is -3.84. The minimum absolute atomic E-state index is 0.0975. The van der Waals surface area contributed by atoms with Gasteiger partial charge >= 0.3 is 7.68 Å². The first-order valence-corrected chi connectivity index (χ1v) is 7.62. The van der Waals surface area contributed by atoms with Gasteiger partial charge < -0.3 is 4.52 Å². The third-order valence-electron chi connectivity index (χ3n) is 3.14. The summed E-state index contributed by atoms with van der Waals surface area (Å²) < 4.78 is 29.2. The van der Waals surface area contributed by atoms with Gasteiger partial charge in [-0.25, -0.2) is 0 Å². The normalized spacial score (nSPS) is 32.3. The average Bonchev–Trinajstić information content (AvgIpc) is 1.99. The van der Waals surface area contributed by atoms with E-state index in [2.05, 4.69) is 20.8 Å². The van der Waals surface area contributed by atoms with Gasteiger partial charge in [0.2, 0.25) is 0 Å². The van der Waals surface area contributed by atoms with Crippen molar-refractivity contribution in [2.45, 2.75) is 52.6 Å². The molecule has 15 heavy (non-hydrogen) atoms. The van der Waals surface area contributed by atoms with Crippen molar-refractivity contribution in [1.29, 1.82) is 0 Å². The Morgan fingerprint density at radius 3 is 2.27 bits per heavy atom. The molecule has 0 aliphatic heterocycles. The molecule has 0 amide bonds. The Bertz CT molecular complexity index is 254. The molecular formula is C11H22FO2P. The Balaban J connectivity index is 2.71. The van der Waals surface area contributed by atoms with Crippen LogP contribution in [-0.4, -0.2) is 12.8 Å². The first kappa shape index (κ1) is 13.2. The standard InChI is InChI=1S/C11H22FO2P/c1-11(2,3)9-7-5-6-8-10(9)14-15(4,12)13/h9-10H,5-8H2,1-4H3. The van der Waals surface area contributed by atoms with Crippen LogP contribution in [0.25, 0.3) is 0 Å². The van der Waals surface area contributed by atoms with E-state index in [0.29, 0.717) is 5.92 Å². The fourth-order valence-corrected chi connectivity index (χ4v) is 3.19. The molecule has 3 atom stereocenters. The Labute approximate surface area is 92.2 Å². The van der Waals surface area contributed by atoms with Crippen LogP contribution in [0.1, 0.15) is 46.5 Å². The zero-order valence-corrected chi connectivity index (χ0v) is 11.0. The quantitative estimate of drug-likeness (QED) is 0.664. The van der Waals surface area contributed by atoms with Crippen molar-refractivity contribution in [1.82, 2.24) is 0 Å². The van der Waals surface area contributed by atoms with Crippen LogP contribution in [0.3, 0.4) is 0 Å². The molecule has 1 saturated carbocycles. The van der Waals surface area contributed by atoms with Gasteiger partial charge in [-0.15, -0.1) is 0 Å². The summed E-state index contributed by atoms with van der Waals surface area (Å²) in [6, 6.07) is 0.